The molecule has 0 aromatic rings. The van der Waals surface area contributed by atoms with Crippen molar-refractivity contribution in [1.29, 1.82) is 0 Å². The smallest absolute Gasteiger partial charge is 0.367 e. The highest BCUT2D eigenvalue weighted by Gasteiger charge is 2.88. The summed E-state index contributed by atoms with van der Waals surface area (Å²) in [7, 11) is 0. The number of hydrogen-bond donors (Lipinski definition) is 0. The lowest BCUT2D eigenvalue weighted by Gasteiger charge is -2.43. The Kier molecular flexibility index (Phi) is 6.61. The maximum Gasteiger partial charge on any atom is 0.500 e. The van der Waals surface area contributed by atoms with Crippen LogP contribution in [0.1, 0.15) is 0 Å². The van der Waals surface area contributed by atoms with Crippen LogP contribution in [-0.2, 0) is 9.68 Å². The van der Waals surface area contributed by atoms with E-state index in [4.69, 9.17) is 0 Å². The fourth-order valence-corrected chi connectivity index (χ4v) is 1.65. The molecule has 1 rings (SSSR count). The van der Waals surface area contributed by atoms with Gasteiger partial charge in [0.2, 0.25) is 0 Å². The highest BCUT2D eigenvalue weighted by atomic mass is 19.4. The molecule has 1 aliphatic heterocycles. The molecule has 196 valence electrons. The number of hydroxylamine groups is 4. The topological polar surface area (TPSA) is 37.3 Å². The van der Waals surface area contributed by atoms with Gasteiger partial charge < -0.3 is 4.84 Å². The molecule has 0 aliphatic carbocycles. The van der Waals surface area contributed by atoms with Gasteiger partial charge in [-0.3, -0.25) is 0 Å². The third-order valence-corrected chi connectivity index (χ3v) is 3.00. The first-order valence-electron chi connectivity index (χ1n) is 6.71. The Morgan fingerprint density at radius 2 is 0.879 bits per heavy atom. The molecule has 0 radical (unpaired) electrons. The summed E-state index contributed by atoms with van der Waals surface area (Å²) in [6, 6.07) is 0. The molecule has 1 unspecified atom stereocenters. The minimum atomic E-state index is -7.70. The molecule has 1 atom stereocenters. The van der Waals surface area contributed by atoms with Crippen molar-refractivity contribution < 1.29 is 93.1 Å². The Labute approximate surface area is 164 Å². The second-order valence-electron chi connectivity index (χ2n) is 5.34. The van der Waals surface area contributed by atoms with Gasteiger partial charge in [-0.1, -0.05) is 0 Å². The molecule has 1 aliphatic rings. The average Bonchev–Trinajstić information content (AvgIpc) is 2.50. The van der Waals surface area contributed by atoms with Crippen LogP contribution in [0.5, 0.6) is 0 Å². The third kappa shape index (κ3) is 4.95. The molecule has 5 nitrogen and oxygen atoms in total. The number of nitrogens with zero attached hydrogens (tertiary/aromatic N) is 3. The lowest BCUT2D eigenvalue weighted by Crippen LogP contribution is -2.72. The highest BCUT2D eigenvalue weighted by Crippen LogP contribution is 2.58. The van der Waals surface area contributed by atoms with Crippen molar-refractivity contribution in [2.45, 2.75) is 48.9 Å². The zero-order chi connectivity index (χ0) is 26.9. The van der Waals surface area contributed by atoms with E-state index in [-0.39, 0.29) is 0 Å². The standard InChI is InChI=1S/C9F19N3O2/c10-2(11)1(32-30(6(17,18)19)7(20,21)22)29-5(16,4(14,15)3(2,12)13)33-31(8(23,24)25)9(26,27)28. The van der Waals surface area contributed by atoms with Gasteiger partial charge in [-0.15, -0.1) is 0 Å². The molecule has 0 saturated heterocycles. The van der Waals surface area contributed by atoms with Crippen LogP contribution < -0.4 is 0 Å². The van der Waals surface area contributed by atoms with Crippen LogP contribution in [0.25, 0.3) is 0 Å². The maximum atomic E-state index is 14.1. The zero-order valence-corrected chi connectivity index (χ0v) is 13.8. The molecule has 0 N–H and O–H groups in total. The number of hydrogen-bond acceptors (Lipinski definition) is 5. The van der Waals surface area contributed by atoms with Crippen molar-refractivity contribution in [2.75, 3.05) is 0 Å². The molecule has 0 aromatic carbocycles. The first-order valence-corrected chi connectivity index (χ1v) is 6.71. The van der Waals surface area contributed by atoms with Crippen molar-refractivity contribution in [3.8, 4) is 0 Å². The monoisotopic (exact) mass is 543 g/mol. The van der Waals surface area contributed by atoms with Crippen molar-refractivity contribution in [1.82, 2.24) is 10.1 Å². The molecule has 33 heavy (non-hydrogen) atoms. The van der Waals surface area contributed by atoms with Gasteiger partial charge in [0.05, 0.1) is 5.06 Å². The lowest BCUT2D eigenvalue weighted by molar-refractivity contribution is -0.542. The summed E-state index contributed by atoms with van der Waals surface area (Å²) >= 11 is 0. The third-order valence-electron chi connectivity index (χ3n) is 3.00. The summed E-state index contributed by atoms with van der Waals surface area (Å²) in [5, 5.41) is -7.35. The van der Waals surface area contributed by atoms with Crippen LogP contribution in [0, 0.1) is 0 Å². The molecule has 0 amide bonds. The van der Waals surface area contributed by atoms with Crippen molar-refractivity contribution in [3.63, 3.8) is 0 Å². The predicted molar refractivity (Wildman–Crippen MR) is 56.2 cm³/mol. The minimum Gasteiger partial charge on any atom is -0.367 e. The Bertz CT molecular complexity index is 734. The van der Waals surface area contributed by atoms with Crippen LogP contribution in [0.3, 0.4) is 0 Å². The van der Waals surface area contributed by atoms with Crippen LogP contribution in [0.4, 0.5) is 83.4 Å². The van der Waals surface area contributed by atoms with Crippen LogP contribution in [-0.4, -0.2) is 65.0 Å². The molecule has 24 heteroatoms. The summed E-state index contributed by atoms with van der Waals surface area (Å²) in [6.45, 7) is 0. The quantitative estimate of drug-likeness (QED) is 0.269. The summed E-state index contributed by atoms with van der Waals surface area (Å²) < 4.78 is 243. The molecule has 0 saturated carbocycles. The fraction of sp³-hybridized carbons (Fsp3) is 0.889. The van der Waals surface area contributed by atoms with E-state index in [0.717, 1.165) is 0 Å². The van der Waals surface area contributed by atoms with Gasteiger partial charge in [-0.05, 0) is 0 Å². The van der Waals surface area contributed by atoms with Gasteiger partial charge in [0.1, 0.15) is 0 Å². The molecule has 0 spiro atoms. The number of alkyl halides is 19. The Morgan fingerprint density at radius 1 is 0.545 bits per heavy atom. The van der Waals surface area contributed by atoms with Gasteiger partial charge in [0, 0.05) is 5.06 Å². The molecule has 0 bridgehead atoms. The van der Waals surface area contributed by atoms with Crippen molar-refractivity contribution >= 4 is 5.90 Å². The SMILES string of the molecule is FC(F)(F)N(OC1=NC(F)(ON(C(F)(F)F)C(F)(F)F)C(F)(F)C(F)(F)C1(F)F)C(F)(F)F. The molecule has 0 aromatic heterocycles. The van der Waals surface area contributed by atoms with E-state index >= 15 is 0 Å². The van der Waals surface area contributed by atoms with Gasteiger partial charge in [0.25, 0.3) is 5.90 Å². The number of aliphatic imine (C=N–C) groups is 1. The summed E-state index contributed by atoms with van der Waals surface area (Å²) in [6.07, 6.45) is -28.5. The van der Waals surface area contributed by atoms with Crippen LogP contribution in [0.15, 0.2) is 4.99 Å². The maximum absolute atomic E-state index is 14.1. The van der Waals surface area contributed by atoms with E-state index in [0.29, 0.717) is 4.99 Å². The summed E-state index contributed by atoms with van der Waals surface area (Å²) in [5.74, 6) is -34.0. The fourth-order valence-electron chi connectivity index (χ4n) is 1.65. The van der Waals surface area contributed by atoms with E-state index in [1.54, 1.807) is 0 Å². The van der Waals surface area contributed by atoms with E-state index in [1.807, 2.05) is 4.84 Å². The van der Waals surface area contributed by atoms with E-state index < -0.39 is 65.0 Å². The lowest BCUT2D eigenvalue weighted by atomic mass is 9.98. The Morgan fingerprint density at radius 3 is 1.18 bits per heavy atom. The van der Waals surface area contributed by atoms with Crippen molar-refractivity contribution in [3.05, 3.63) is 0 Å². The van der Waals surface area contributed by atoms with Gasteiger partial charge in [0.15, 0.2) is 0 Å². The largest absolute Gasteiger partial charge is 0.500 e. The number of rotatable bonds is 3. The van der Waals surface area contributed by atoms with E-state index in [1.165, 1.54) is 0 Å². The zero-order valence-electron chi connectivity index (χ0n) is 13.8. The second-order valence-corrected chi connectivity index (χ2v) is 5.34. The highest BCUT2D eigenvalue weighted by molar-refractivity contribution is 5.86. The molecular formula is C9F19N3O2. The van der Waals surface area contributed by atoms with Crippen LogP contribution >= 0.6 is 0 Å². The Hall–Kier alpha value is -1.98. The van der Waals surface area contributed by atoms with Gasteiger partial charge in [-0.25, -0.2) is 4.84 Å². The van der Waals surface area contributed by atoms with E-state index in [2.05, 4.69) is 4.84 Å². The van der Waals surface area contributed by atoms with Crippen LogP contribution in [0.2, 0.25) is 0 Å². The molecule has 0 fully saturated rings. The predicted octanol–water partition coefficient (Wildman–Crippen LogP) is 5.47. The number of halogens is 19. The van der Waals surface area contributed by atoms with Gasteiger partial charge >= 0.3 is 48.9 Å². The first-order chi connectivity index (χ1) is 14.0. The Balaban J connectivity index is 3.82. The van der Waals surface area contributed by atoms with E-state index in [9.17, 15) is 83.4 Å². The summed E-state index contributed by atoms with van der Waals surface area (Å²) in [5.41, 5.74) is 0. The summed E-state index contributed by atoms with van der Waals surface area (Å²) in [4.78, 5) is 4.81. The minimum absolute atomic E-state index is 0.691. The molecule has 1 heterocycles. The normalized spacial score (nSPS) is 25.9. The molecular weight excluding hydrogens is 543 g/mol. The second kappa shape index (κ2) is 7.51. The average molecular weight is 543 g/mol. The van der Waals surface area contributed by atoms with Gasteiger partial charge in [-0.2, -0.15) is 88.4 Å². The first kappa shape index (κ1) is 29.1. The van der Waals surface area contributed by atoms with Crippen molar-refractivity contribution in [2.24, 2.45) is 4.99 Å².